The summed E-state index contributed by atoms with van der Waals surface area (Å²) in [5, 5.41) is 13.3. The first kappa shape index (κ1) is 13.7. The van der Waals surface area contributed by atoms with Crippen molar-refractivity contribution in [3.63, 3.8) is 0 Å². The van der Waals surface area contributed by atoms with Crippen LogP contribution in [-0.4, -0.2) is 25.4 Å². The molecule has 0 radical (unpaired) electrons. The second-order valence-electron chi connectivity index (χ2n) is 5.78. The van der Waals surface area contributed by atoms with Crippen LogP contribution < -0.4 is 15.5 Å². The molecule has 0 bridgehead atoms. The molecule has 0 fully saturated rings. The summed E-state index contributed by atoms with van der Waals surface area (Å²) in [5.74, 6) is 1.01. The monoisotopic (exact) mass is 295 g/mol. The molecule has 0 atom stereocenters. The molecule has 0 aromatic heterocycles. The molecule has 0 saturated carbocycles. The normalized spacial score (nSPS) is 16.0. The van der Waals surface area contributed by atoms with Gasteiger partial charge in [0.1, 0.15) is 5.75 Å². The SMILES string of the molecule is OB1OCCc2ccc(NCc3ccc4c(c3)CCO4)cc21. The predicted octanol–water partition coefficient (Wildman–Crippen LogP) is 1.49. The third kappa shape index (κ3) is 2.58. The predicted molar refractivity (Wildman–Crippen MR) is 86.7 cm³/mol. The van der Waals surface area contributed by atoms with Crippen molar-refractivity contribution in [2.45, 2.75) is 19.4 Å². The molecule has 2 N–H and O–H groups in total. The van der Waals surface area contributed by atoms with Crippen LogP contribution in [0.2, 0.25) is 0 Å². The number of hydrogen-bond acceptors (Lipinski definition) is 4. The molecule has 0 spiro atoms. The topological polar surface area (TPSA) is 50.7 Å². The first-order valence-corrected chi connectivity index (χ1v) is 7.70. The van der Waals surface area contributed by atoms with Crippen LogP contribution >= 0.6 is 0 Å². The highest BCUT2D eigenvalue weighted by Crippen LogP contribution is 2.26. The third-order valence-electron chi connectivity index (χ3n) is 4.31. The fourth-order valence-corrected chi connectivity index (χ4v) is 3.09. The zero-order valence-corrected chi connectivity index (χ0v) is 12.3. The summed E-state index contributed by atoms with van der Waals surface area (Å²) in [4.78, 5) is 0. The first-order chi connectivity index (χ1) is 10.8. The molecule has 22 heavy (non-hydrogen) atoms. The van der Waals surface area contributed by atoms with Crippen molar-refractivity contribution >= 4 is 18.3 Å². The molecule has 0 aliphatic carbocycles. The molecular weight excluding hydrogens is 277 g/mol. The molecular formula is C17H18BNO3. The van der Waals surface area contributed by atoms with Crippen LogP contribution in [0.25, 0.3) is 0 Å². The number of ether oxygens (including phenoxy) is 1. The minimum Gasteiger partial charge on any atom is -0.493 e. The van der Waals surface area contributed by atoms with E-state index >= 15 is 0 Å². The summed E-state index contributed by atoms with van der Waals surface area (Å²) >= 11 is 0. The van der Waals surface area contributed by atoms with E-state index in [0.29, 0.717) is 6.61 Å². The highest BCUT2D eigenvalue weighted by atomic mass is 16.5. The van der Waals surface area contributed by atoms with Crippen LogP contribution in [0.3, 0.4) is 0 Å². The third-order valence-corrected chi connectivity index (χ3v) is 4.31. The van der Waals surface area contributed by atoms with Crippen LogP contribution in [0.4, 0.5) is 5.69 Å². The summed E-state index contributed by atoms with van der Waals surface area (Å²) in [6.45, 7) is 2.12. The maximum absolute atomic E-state index is 9.91. The van der Waals surface area contributed by atoms with Gasteiger partial charge in [0.05, 0.1) is 6.61 Å². The van der Waals surface area contributed by atoms with Crippen LogP contribution in [0, 0.1) is 0 Å². The van der Waals surface area contributed by atoms with Gasteiger partial charge in [0.2, 0.25) is 0 Å². The van der Waals surface area contributed by atoms with Crippen molar-refractivity contribution < 1.29 is 14.4 Å². The maximum Gasteiger partial charge on any atom is 0.491 e. The number of benzene rings is 2. The van der Waals surface area contributed by atoms with Gasteiger partial charge in [-0.1, -0.05) is 18.2 Å². The second-order valence-corrected chi connectivity index (χ2v) is 5.78. The molecule has 2 aliphatic heterocycles. The Hall–Kier alpha value is -1.98. The maximum atomic E-state index is 9.91. The van der Waals surface area contributed by atoms with E-state index in [9.17, 15) is 5.02 Å². The van der Waals surface area contributed by atoms with Gasteiger partial charge in [0.25, 0.3) is 0 Å². The summed E-state index contributed by atoms with van der Waals surface area (Å²) in [5.41, 5.74) is 5.56. The number of rotatable bonds is 3. The van der Waals surface area contributed by atoms with Crippen molar-refractivity contribution in [1.29, 1.82) is 0 Å². The molecule has 2 aliphatic rings. The lowest BCUT2D eigenvalue weighted by Crippen LogP contribution is -2.41. The van der Waals surface area contributed by atoms with Gasteiger partial charge in [-0.05, 0) is 46.8 Å². The van der Waals surface area contributed by atoms with Gasteiger partial charge in [0, 0.05) is 25.3 Å². The van der Waals surface area contributed by atoms with Crippen molar-refractivity contribution in [3.8, 4) is 5.75 Å². The fraction of sp³-hybridized carbons (Fsp3) is 0.294. The molecule has 0 saturated heterocycles. The number of anilines is 1. The van der Waals surface area contributed by atoms with Gasteiger partial charge >= 0.3 is 7.12 Å². The molecule has 5 heteroatoms. The highest BCUT2D eigenvalue weighted by Gasteiger charge is 2.24. The van der Waals surface area contributed by atoms with Crippen LogP contribution in [0.1, 0.15) is 16.7 Å². The fourth-order valence-electron chi connectivity index (χ4n) is 3.09. The minimum atomic E-state index is -0.803. The lowest BCUT2D eigenvalue weighted by Gasteiger charge is -2.20. The van der Waals surface area contributed by atoms with Crippen molar-refractivity contribution in [2.75, 3.05) is 18.5 Å². The van der Waals surface area contributed by atoms with E-state index in [-0.39, 0.29) is 0 Å². The van der Waals surface area contributed by atoms with Gasteiger partial charge < -0.3 is 19.7 Å². The van der Waals surface area contributed by atoms with E-state index in [4.69, 9.17) is 9.39 Å². The Morgan fingerprint density at radius 3 is 2.91 bits per heavy atom. The van der Waals surface area contributed by atoms with E-state index in [2.05, 4.69) is 29.6 Å². The van der Waals surface area contributed by atoms with Gasteiger partial charge in [-0.2, -0.15) is 0 Å². The second kappa shape index (κ2) is 5.67. The molecule has 112 valence electrons. The highest BCUT2D eigenvalue weighted by molar-refractivity contribution is 6.61. The van der Waals surface area contributed by atoms with E-state index in [1.807, 2.05) is 12.1 Å². The Labute approximate surface area is 130 Å². The Balaban J connectivity index is 1.49. The van der Waals surface area contributed by atoms with Crippen molar-refractivity contribution in [3.05, 3.63) is 53.1 Å². The summed E-state index contributed by atoms with van der Waals surface area (Å²) in [7, 11) is -0.803. The summed E-state index contributed by atoms with van der Waals surface area (Å²) in [6, 6.07) is 12.5. The van der Waals surface area contributed by atoms with Crippen LogP contribution in [0.15, 0.2) is 36.4 Å². The molecule has 0 unspecified atom stereocenters. The van der Waals surface area contributed by atoms with Crippen molar-refractivity contribution in [1.82, 2.24) is 0 Å². The Bertz CT molecular complexity index is 704. The Morgan fingerprint density at radius 2 is 1.95 bits per heavy atom. The van der Waals surface area contributed by atoms with Crippen LogP contribution in [-0.2, 0) is 24.0 Å². The largest absolute Gasteiger partial charge is 0.493 e. The summed E-state index contributed by atoms with van der Waals surface area (Å²) < 4.78 is 10.8. The first-order valence-electron chi connectivity index (χ1n) is 7.70. The van der Waals surface area contributed by atoms with E-state index in [1.54, 1.807) is 0 Å². The molecule has 4 rings (SSSR count). The van der Waals surface area contributed by atoms with E-state index < -0.39 is 7.12 Å². The average Bonchev–Trinajstić information content (AvgIpc) is 3.01. The zero-order valence-electron chi connectivity index (χ0n) is 12.3. The minimum absolute atomic E-state index is 0.581. The van der Waals surface area contributed by atoms with Gasteiger partial charge in [-0.3, -0.25) is 0 Å². The Kier molecular flexibility index (Phi) is 3.52. The summed E-state index contributed by atoms with van der Waals surface area (Å²) in [6.07, 6.45) is 1.85. The lowest BCUT2D eigenvalue weighted by atomic mass is 9.73. The lowest BCUT2D eigenvalue weighted by molar-refractivity contribution is 0.266. The smallest absolute Gasteiger partial charge is 0.491 e. The quantitative estimate of drug-likeness (QED) is 0.843. The molecule has 2 aromatic rings. The number of hydrogen-bond donors (Lipinski definition) is 2. The van der Waals surface area contributed by atoms with E-state index in [1.165, 1.54) is 16.7 Å². The van der Waals surface area contributed by atoms with Crippen molar-refractivity contribution in [2.24, 2.45) is 0 Å². The van der Waals surface area contributed by atoms with E-state index in [0.717, 1.165) is 42.9 Å². The Morgan fingerprint density at radius 1 is 1.05 bits per heavy atom. The molecule has 4 nitrogen and oxygen atoms in total. The average molecular weight is 295 g/mol. The van der Waals surface area contributed by atoms with Crippen LogP contribution in [0.5, 0.6) is 5.75 Å². The van der Waals surface area contributed by atoms with Gasteiger partial charge in [-0.25, -0.2) is 0 Å². The number of fused-ring (bicyclic) bond motifs is 2. The zero-order chi connectivity index (χ0) is 14.9. The molecule has 2 aromatic carbocycles. The molecule has 2 heterocycles. The number of nitrogens with one attached hydrogen (secondary N) is 1. The van der Waals surface area contributed by atoms with Gasteiger partial charge in [0.15, 0.2) is 0 Å². The standard InChI is InChI=1S/C17H18BNO3/c20-18-16-10-15(3-2-13(16)6-8-22-18)19-11-12-1-4-17-14(9-12)5-7-21-17/h1-4,9-10,19-20H,5-8,11H2. The van der Waals surface area contributed by atoms with Gasteiger partial charge in [-0.15, -0.1) is 0 Å². The molecule has 0 amide bonds.